The number of hydrogen-bond acceptors (Lipinski definition) is 4. The molecule has 2 saturated heterocycles. The zero-order valence-corrected chi connectivity index (χ0v) is 17.4. The standard InChI is InChI=1S/C22H30N4OS/c27-22-25(15-16-26(22)19-5-1-2-6-19)14-11-23-9-12-24(13-10-23)20-7-3-4-18-8-17-28-21(18)20/h3-4,7-8,17,19H,1-2,5-6,9-16H2. The van der Waals surface area contributed by atoms with Crippen molar-refractivity contribution in [2.24, 2.45) is 0 Å². The zero-order valence-electron chi connectivity index (χ0n) is 16.6. The molecule has 0 N–H and O–H groups in total. The molecule has 5 rings (SSSR count). The van der Waals surface area contributed by atoms with Gasteiger partial charge in [-0.3, -0.25) is 4.90 Å². The van der Waals surface area contributed by atoms with Crippen LogP contribution in [0.3, 0.4) is 0 Å². The molecule has 5 nitrogen and oxygen atoms in total. The van der Waals surface area contributed by atoms with Crippen LogP contribution in [-0.2, 0) is 0 Å². The highest BCUT2D eigenvalue weighted by Crippen LogP contribution is 2.32. The van der Waals surface area contributed by atoms with Gasteiger partial charge in [-0.25, -0.2) is 4.79 Å². The van der Waals surface area contributed by atoms with Crippen molar-refractivity contribution in [2.75, 3.05) is 57.3 Å². The Morgan fingerprint density at radius 2 is 1.75 bits per heavy atom. The van der Waals surface area contributed by atoms with Crippen LogP contribution in [0.2, 0.25) is 0 Å². The van der Waals surface area contributed by atoms with Crippen molar-refractivity contribution in [3.05, 3.63) is 29.6 Å². The topological polar surface area (TPSA) is 30.0 Å². The predicted molar refractivity (Wildman–Crippen MR) is 116 cm³/mol. The van der Waals surface area contributed by atoms with Gasteiger partial charge in [0.05, 0.1) is 10.4 Å². The third-order valence-electron chi connectivity index (χ3n) is 6.75. The van der Waals surface area contributed by atoms with Gasteiger partial charge >= 0.3 is 6.03 Å². The van der Waals surface area contributed by atoms with Crippen LogP contribution in [0.25, 0.3) is 10.1 Å². The molecule has 3 fully saturated rings. The summed E-state index contributed by atoms with van der Waals surface area (Å²) < 4.78 is 1.41. The zero-order chi connectivity index (χ0) is 18.9. The van der Waals surface area contributed by atoms with Crippen molar-refractivity contribution in [1.82, 2.24) is 14.7 Å². The molecule has 1 aromatic heterocycles. The Labute approximate surface area is 171 Å². The van der Waals surface area contributed by atoms with Crippen LogP contribution in [-0.4, -0.2) is 79.1 Å². The van der Waals surface area contributed by atoms with Crippen molar-refractivity contribution < 1.29 is 4.79 Å². The average Bonchev–Trinajstić information content (AvgIpc) is 3.47. The average molecular weight is 399 g/mol. The first-order valence-electron chi connectivity index (χ1n) is 10.8. The summed E-state index contributed by atoms with van der Waals surface area (Å²) in [7, 11) is 0. The van der Waals surface area contributed by atoms with E-state index < -0.39 is 0 Å². The number of urea groups is 1. The number of benzene rings is 1. The fraction of sp³-hybridized carbons (Fsp3) is 0.591. The van der Waals surface area contributed by atoms with Crippen LogP contribution in [0, 0.1) is 0 Å². The maximum atomic E-state index is 12.7. The highest BCUT2D eigenvalue weighted by Gasteiger charge is 2.34. The van der Waals surface area contributed by atoms with Gasteiger partial charge in [0.25, 0.3) is 0 Å². The molecule has 1 aromatic carbocycles. The normalized spacial score (nSPS) is 22.1. The molecule has 150 valence electrons. The van der Waals surface area contributed by atoms with E-state index >= 15 is 0 Å². The lowest BCUT2D eigenvalue weighted by Gasteiger charge is -2.37. The Bertz CT molecular complexity index is 823. The Morgan fingerprint density at radius 1 is 0.929 bits per heavy atom. The highest BCUT2D eigenvalue weighted by atomic mass is 32.1. The Morgan fingerprint density at radius 3 is 2.57 bits per heavy atom. The lowest BCUT2D eigenvalue weighted by molar-refractivity contribution is 0.169. The van der Waals surface area contributed by atoms with Gasteiger partial charge in [-0.15, -0.1) is 11.3 Å². The van der Waals surface area contributed by atoms with E-state index in [1.807, 2.05) is 11.3 Å². The number of fused-ring (bicyclic) bond motifs is 1. The first kappa shape index (κ1) is 18.3. The molecule has 3 heterocycles. The van der Waals surface area contributed by atoms with Crippen molar-refractivity contribution in [3.63, 3.8) is 0 Å². The maximum Gasteiger partial charge on any atom is 0.320 e. The second-order valence-corrected chi connectivity index (χ2v) is 9.26. The molecular formula is C22H30N4OS. The molecule has 0 radical (unpaired) electrons. The quantitative estimate of drug-likeness (QED) is 0.769. The largest absolute Gasteiger partial charge is 0.368 e. The molecule has 0 bridgehead atoms. The lowest BCUT2D eigenvalue weighted by Crippen LogP contribution is -2.49. The summed E-state index contributed by atoms with van der Waals surface area (Å²) in [5.41, 5.74) is 1.38. The van der Waals surface area contributed by atoms with Gasteiger partial charge in [0, 0.05) is 58.4 Å². The van der Waals surface area contributed by atoms with Gasteiger partial charge < -0.3 is 14.7 Å². The van der Waals surface area contributed by atoms with Gasteiger partial charge in [-0.1, -0.05) is 25.0 Å². The maximum absolute atomic E-state index is 12.7. The number of anilines is 1. The number of carbonyl (C=O) groups is 1. The van der Waals surface area contributed by atoms with Gasteiger partial charge in [0.2, 0.25) is 0 Å². The number of carbonyl (C=O) groups excluding carboxylic acids is 1. The Kier molecular flexibility index (Phi) is 5.16. The molecule has 0 unspecified atom stereocenters. The van der Waals surface area contributed by atoms with Crippen LogP contribution in [0.4, 0.5) is 10.5 Å². The molecule has 1 saturated carbocycles. The molecule has 6 heteroatoms. The van der Waals surface area contributed by atoms with Gasteiger partial charge in [-0.2, -0.15) is 0 Å². The number of rotatable bonds is 5. The minimum Gasteiger partial charge on any atom is -0.368 e. The van der Waals surface area contributed by atoms with E-state index in [-0.39, 0.29) is 6.03 Å². The van der Waals surface area contributed by atoms with E-state index in [0.29, 0.717) is 6.04 Å². The number of nitrogens with zero attached hydrogens (tertiary/aromatic N) is 4. The highest BCUT2D eigenvalue weighted by molar-refractivity contribution is 7.17. The molecule has 2 amide bonds. The van der Waals surface area contributed by atoms with E-state index in [1.54, 1.807) is 0 Å². The summed E-state index contributed by atoms with van der Waals surface area (Å²) in [6, 6.07) is 9.65. The SMILES string of the molecule is O=C1N(CCN2CCN(c3cccc4ccsc34)CC2)CCN1C1CCCC1. The number of hydrogen-bond donors (Lipinski definition) is 0. The van der Waals surface area contributed by atoms with E-state index in [4.69, 9.17) is 0 Å². The molecule has 1 aliphatic carbocycles. The third-order valence-corrected chi connectivity index (χ3v) is 7.70. The van der Waals surface area contributed by atoms with E-state index in [1.165, 1.54) is 41.5 Å². The number of thiophene rings is 1. The summed E-state index contributed by atoms with van der Waals surface area (Å²) in [4.78, 5) is 22.0. The van der Waals surface area contributed by atoms with Gasteiger partial charge in [0.15, 0.2) is 0 Å². The Hall–Kier alpha value is -1.79. The van der Waals surface area contributed by atoms with Crippen LogP contribution in [0.15, 0.2) is 29.6 Å². The molecule has 0 spiro atoms. The van der Waals surface area contributed by atoms with E-state index in [9.17, 15) is 4.79 Å². The van der Waals surface area contributed by atoms with Crippen LogP contribution >= 0.6 is 11.3 Å². The van der Waals surface area contributed by atoms with E-state index in [2.05, 4.69) is 49.2 Å². The van der Waals surface area contributed by atoms with Crippen LogP contribution in [0.1, 0.15) is 25.7 Å². The van der Waals surface area contributed by atoms with E-state index in [0.717, 1.165) is 52.4 Å². The molecular weight excluding hydrogens is 368 g/mol. The smallest absolute Gasteiger partial charge is 0.320 e. The monoisotopic (exact) mass is 398 g/mol. The minimum absolute atomic E-state index is 0.287. The molecule has 28 heavy (non-hydrogen) atoms. The molecule has 2 aromatic rings. The van der Waals surface area contributed by atoms with Crippen molar-refractivity contribution in [3.8, 4) is 0 Å². The minimum atomic E-state index is 0.287. The fourth-order valence-electron chi connectivity index (χ4n) is 5.06. The summed E-state index contributed by atoms with van der Waals surface area (Å²) in [5.74, 6) is 0. The third kappa shape index (κ3) is 3.48. The lowest BCUT2D eigenvalue weighted by atomic mass is 10.2. The van der Waals surface area contributed by atoms with Gasteiger partial charge in [0.1, 0.15) is 0 Å². The first-order valence-corrected chi connectivity index (χ1v) is 11.7. The summed E-state index contributed by atoms with van der Waals surface area (Å²) in [6.07, 6.45) is 4.99. The summed E-state index contributed by atoms with van der Waals surface area (Å²) in [5, 5.41) is 3.54. The fourth-order valence-corrected chi connectivity index (χ4v) is 6.01. The number of amides is 2. The van der Waals surface area contributed by atoms with Crippen molar-refractivity contribution in [1.29, 1.82) is 0 Å². The Balaban J connectivity index is 1.12. The van der Waals surface area contributed by atoms with Crippen molar-refractivity contribution in [2.45, 2.75) is 31.7 Å². The molecule has 2 aliphatic heterocycles. The summed E-state index contributed by atoms with van der Waals surface area (Å²) in [6.45, 7) is 8.02. The van der Waals surface area contributed by atoms with Crippen molar-refractivity contribution >= 4 is 33.1 Å². The molecule has 0 atom stereocenters. The summed E-state index contributed by atoms with van der Waals surface area (Å²) >= 11 is 1.84. The number of piperazine rings is 1. The molecule has 3 aliphatic rings. The second-order valence-electron chi connectivity index (χ2n) is 8.35. The first-order chi connectivity index (χ1) is 13.8. The predicted octanol–water partition coefficient (Wildman–Crippen LogP) is 3.70. The van der Waals surface area contributed by atoms with Crippen LogP contribution in [0.5, 0.6) is 0 Å². The van der Waals surface area contributed by atoms with Gasteiger partial charge in [-0.05, 0) is 35.7 Å². The van der Waals surface area contributed by atoms with Crippen LogP contribution < -0.4 is 4.90 Å². The second kappa shape index (κ2) is 7.91.